The van der Waals surface area contributed by atoms with Gasteiger partial charge in [0.1, 0.15) is 0 Å². The lowest BCUT2D eigenvalue weighted by Crippen LogP contribution is -2.65. The molecule has 0 amide bonds. The van der Waals surface area contributed by atoms with E-state index in [1.165, 1.54) is 5.56 Å². The first-order valence-electron chi connectivity index (χ1n) is 5.77. The van der Waals surface area contributed by atoms with Gasteiger partial charge in [-0.05, 0) is 55.2 Å². The number of nitrogens with zero attached hydrogens (tertiary/aromatic N) is 1. The molecule has 3 nitrogen and oxygen atoms in total. The molecule has 4 rings (SSSR count). The van der Waals surface area contributed by atoms with Crippen molar-refractivity contribution < 1.29 is 9.90 Å². The van der Waals surface area contributed by atoms with Crippen molar-refractivity contribution in [3.63, 3.8) is 0 Å². The topological polar surface area (TPSA) is 50.2 Å². The second kappa shape index (κ2) is 3.06. The number of aliphatic carboxylic acids is 1. The summed E-state index contributed by atoms with van der Waals surface area (Å²) in [5.41, 5.74) is 1.35. The third-order valence-corrected chi connectivity index (χ3v) is 4.29. The minimum atomic E-state index is -0.585. The molecule has 3 heteroatoms. The number of pyridine rings is 1. The van der Waals surface area contributed by atoms with Crippen molar-refractivity contribution in [3.8, 4) is 0 Å². The van der Waals surface area contributed by atoms with E-state index in [4.69, 9.17) is 5.11 Å². The van der Waals surface area contributed by atoms with Crippen LogP contribution in [0.2, 0.25) is 0 Å². The Morgan fingerprint density at radius 1 is 1.31 bits per heavy atom. The summed E-state index contributed by atoms with van der Waals surface area (Å²) in [6, 6.07) is 4.08. The first kappa shape index (κ1) is 9.82. The maximum Gasteiger partial charge on any atom is 0.309 e. The first-order chi connectivity index (χ1) is 7.64. The quantitative estimate of drug-likeness (QED) is 0.841. The smallest absolute Gasteiger partial charge is 0.309 e. The van der Waals surface area contributed by atoms with Crippen molar-refractivity contribution >= 4 is 5.97 Å². The van der Waals surface area contributed by atoms with Crippen LogP contribution in [0.4, 0.5) is 0 Å². The summed E-state index contributed by atoms with van der Waals surface area (Å²) in [4.78, 5) is 14.9. The maximum absolute atomic E-state index is 10.9. The zero-order chi connectivity index (χ0) is 11.2. The summed E-state index contributed by atoms with van der Waals surface area (Å²) in [6.07, 6.45) is 8.53. The molecule has 3 aliphatic rings. The molecular weight excluding hydrogens is 202 g/mol. The van der Waals surface area contributed by atoms with E-state index in [-0.39, 0.29) is 5.41 Å². The van der Waals surface area contributed by atoms with E-state index in [0.29, 0.717) is 5.41 Å². The number of carbonyl (C=O) groups is 1. The molecule has 1 heterocycles. The van der Waals surface area contributed by atoms with Gasteiger partial charge in [0.25, 0.3) is 0 Å². The van der Waals surface area contributed by atoms with Crippen LogP contribution in [0.25, 0.3) is 0 Å². The molecule has 2 bridgehead atoms. The Bertz CT molecular complexity index is 407. The van der Waals surface area contributed by atoms with Crippen molar-refractivity contribution in [3.05, 3.63) is 30.1 Å². The molecule has 0 aliphatic heterocycles. The SMILES string of the molecule is O=C(O)C12CC(CCc3ccncc3)(C1)C2. The van der Waals surface area contributed by atoms with E-state index in [0.717, 1.165) is 32.1 Å². The number of rotatable bonds is 4. The molecule has 1 aromatic heterocycles. The Balaban J connectivity index is 1.55. The Labute approximate surface area is 94.5 Å². The number of hydrogen-bond acceptors (Lipinski definition) is 2. The summed E-state index contributed by atoms with van der Waals surface area (Å²) in [7, 11) is 0. The van der Waals surface area contributed by atoms with E-state index in [2.05, 4.69) is 4.98 Å². The summed E-state index contributed by atoms with van der Waals surface area (Å²) in [5.74, 6) is -0.585. The van der Waals surface area contributed by atoms with Gasteiger partial charge >= 0.3 is 5.97 Å². The highest BCUT2D eigenvalue weighted by atomic mass is 16.4. The fourth-order valence-electron chi connectivity index (χ4n) is 3.45. The van der Waals surface area contributed by atoms with Crippen molar-refractivity contribution in [2.75, 3.05) is 0 Å². The molecule has 1 N–H and O–H groups in total. The van der Waals surface area contributed by atoms with Crippen LogP contribution in [0.15, 0.2) is 24.5 Å². The third kappa shape index (κ3) is 1.27. The second-order valence-electron chi connectivity index (χ2n) is 5.47. The fraction of sp³-hybridized carbons (Fsp3) is 0.538. The molecule has 16 heavy (non-hydrogen) atoms. The minimum Gasteiger partial charge on any atom is -0.481 e. The average Bonchev–Trinajstić information content (AvgIpc) is 2.14. The predicted octanol–water partition coefficient (Wildman–Crippen LogP) is 2.27. The molecule has 3 fully saturated rings. The van der Waals surface area contributed by atoms with Crippen molar-refractivity contribution in [2.24, 2.45) is 10.8 Å². The highest BCUT2D eigenvalue weighted by Crippen LogP contribution is 2.75. The van der Waals surface area contributed by atoms with Gasteiger partial charge in [0.15, 0.2) is 0 Å². The van der Waals surface area contributed by atoms with Crippen LogP contribution in [0.3, 0.4) is 0 Å². The number of hydrogen-bond donors (Lipinski definition) is 1. The highest BCUT2D eigenvalue weighted by Gasteiger charge is 2.71. The monoisotopic (exact) mass is 217 g/mol. The van der Waals surface area contributed by atoms with E-state index >= 15 is 0 Å². The standard InChI is InChI=1S/C13H15NO2/c15-11(16)13-7-12(8-13,9-13)4-1-10-2-5-14-6-3-10/h2-3,5-6H,1,4,7-9H2,(H,15,16). The fourth-order valence-corrected chi connectivity index (χ4v) is 3.45. The van der Waals surface area contributed by atoms with Gasteiger partial charge in [-0.1, -0.05) is 0 Å². The van der Waals surface area contributed by atoms with Gasteiger partial charge in [0, 0.05) is 12.4 Å². The van der Waals surface area contributed by atoms with Gasteiger partial charge in [-0.2, -0.15) is 0 Å². The molecule has 3 saturated carbocycles. The predicted molar refractivity (Wildman–Crippen MR) is 58.9 cm³/mol. The van der Waals surface area contributed by atoms with Gasteiger partial charge in [-0.3, -0.25) is 9.78 Å². The number of aryl methyl sites for hydroxylation is 1. The summed E-state index contributed by atoms with van der Waals surface area (Å²) in [6.45, 7) is 0. The molecule has 0 spiro atoms. The molecular formula is C13H15NO2. The van der Waals surface area contributed by atoms with E-state index in [9.17, 15) is 4.79 Å². The molecule has 1 aromatic rings. The Morgan fingerprint density at radius 2 is 1.94 bits per heavy atom. The molecule has 0 unspecified atom stereocenters. The van der Waals surface area contributed by atoms with E-state index < -0.39 is 5.97 Å². The molecule has 84 valence electrons. The molecule has 0 saturated heterocycles. The van der Waals surface area contributed by atoms with E-state index in [1.807, 2.05) is 24.5 Å². The Kier molecular flexibility index (Phi) is 1.88. The normalized spacial score (nSPS) is 35.0. The van der Waals surface area contributed by atoms with Gasteiger partial charge in [0.2, 0.25) is 0 Å². The number of aromatic nitrogens is 1. The van der Waals surface area contributed by atoms with Crippen LogP contribution >= 0.6 is 0 Å². The molecule has 0 atom stereocenters. The van der Waals surface area contributed by atoms with Crippen molar-refractivity contribution in [1.29, 1.82) is 0 Å². The summed E-state index contributed by atoms with van der Waals surface area (Å²) < 4.78 is 0. The minimum absolute atomic E-state index is 0.321. The number of carboxylic acid groups (broad SMARTS) is 1. The van der Waals surface area contributed by atoms with E-state index in [1.54, 1.807) is 0 Å². The van der Waals surface area contributed by atoms with Crippen LogP contribution in [-0.2, 0) is 11.2 Å². The average molecular weight is 217 g/mol. The summed E-state index contributed by atoms with van der Waals surface area (Å²) >= 11 is 0. The first-order valence-corrected chi connectivity index (χ1v) is 5.77. The van der Waals surface area contributed by atoms with Gasteiger partial charge in [0.05, 0.1) is 5.41 Å². The number of carboxylic acids is 1. The van der Waals surface area contributed by atoms with Gasteiger partial charge in [-0.15, -0.1) is 0 Å². The lowest BCUT2D eigenvalue weighted by Gasteiger charge is -2.68. The Morgan fingerprint density at radius 3 is 2.50 bits per heavy atom. The third-order valence-electron chi connectivity index (χ3n) is 4.29. The molecule has 0 radical (unpaired) electrons. The molecule has 3 aliphatic carbocycles. The Hall–Kier alpha value is -1.38. The van der Waals surface area contributed by atoms with Gasteiger partial charge in [-0.25, -0.2) is 0 Å². The zero-order valence-electron chi connectivity index (χ0n) is 9.15. The van der Waals surface area contributed by atoms with Crippen LogP contribution in [0.5, 0.6) is 0 Å². The zero-order valence-corrected chi connectivity index (χ0v) is 9.15. The summed E-state index contributed by atoms with van der Waals surface area (Å²) in [5, 5.41) is 9.02. The van der Waals surface area contributed by atoms with Crippen molar-refractivity contribution in [2.45, 2.75) is 32.1 Å². The molecule has 0 aromatic carbocycles. The largest absolute Gasteiger partial charge is 0.481 e. The van der Waals surface area contributed by atoms with Crippen LogP contribution < -0.4 is 0 Å². The highest BCUT2D eigenvalue weighted by molar-refractivity contribution is 5.79. The van der Waals surface area contributed by atoms with Crippen LogP contribution in [-0.4, -0.2) is 16.1 Å². The van der Waals surface area contributed by atoms with Crippen LogP contribution in [0, 0.1) is 10.8 Å². The van der Waals surface area contributed by atoms with Crippen molar-refractivity contribution in [1.82, 2.24) is 4.98 Å². The second-order valence-corrected chi connectivity index (χ2v) is 5.47. The maximum atomic E-state index is 10.9. The lowest BCUT2D eigenvalue weighted by molar-refractivity contribution is -0.224. The van der Waals surface area contributed by atoms with Gasteiger partial charge < -0.3 is 5.11 Å². The van der Waals surface area contributed by atoms with Crippen LogP contribution in [0.1, 0.15) is 31.2 Å². The lowest BCUT2D eigenvalue weighted by atomic mass is 9.34.